The second-order valence-electron chi connectivity index (χ2n) is 5.22. The Bertz CT molecular complexity index is 656. The summed E-state index contributed by atoms with van der Waals surface area (Å²) in [7, 11) is 0. The molecule has 0 saturated heterocycles. The Balaban J connectivity index is 2.05. The number of fused-ring (bicyclic) bond motifs is 1. The van der Waals surface area contributed by atoms with Crippen molar-refractivity contribution in [2.75, 3.05) is 0 Å². The number of benzene rings is 1. The van der Waals surface area contributed by atoms with Gasteiger partial charge in [-0.3, -0.25) is 4.79 Å². The Hall–Kier alpha value is -2.17. The summed E-state index contributed by atoms with van der Waals surface area (Å²) in [6.45, 7) is 4.24. The van der Waals surface area contributed by atoms with Crippen molar-refractivity contribution in [3.8, 4) is 0 Å². The summed E-state index contributed by atoms with van der Waals surface area (Å²) in [4.78, 5) is 18.8. The van der Waals surface area contributed by atoms with E-state index in [0.29, 0.717) is 12.3 Å². The fraction of sp³-hybridized carbons (Fsp3) is 0.357. The van der Waals surface area contributed by atoms with Gasteiger partial charge in [-0.05, 0) is 18.1 Å². The van der Waals surface area contributed by atoms with E-state index in [0.717, 1.165) is 22.3 Å². The number of hydrogen-bond acceptors (Lipinski definition) is 3. The Labute approximate surface area is 111 Å². The lowest BCUT2D eigenvalue weighted by Crippen LogP contribution is -2.35. The van der Waals surface area contributed by atoms with Gasteiger partial charge in [-0.15, -0.1) is 0 Å². The summed E-state index contributed by atoms with van der Waals surface area (Å²) >= 11 is 0. The van der Waals surface area contributed by atoms with E-state index in [-0.39, 0.29) is 11.8 Å². The van der Waals surface area contributed by atoms with Crippen LogP contribution in [0.25, 0.3) is 11.0 Å². The molecule has 0 bridgehead atoms. The minimum Gasteiger partial charge on any atom is -0.345 e. The monoisotopic (exact) mass is 256 g/mol. The molecule has 5 nitrogen and oxygen atoms in total. The third-order valence-corrected chi connectivity index (χ3v) is 3.58. The summed E-state index contributed by atoms with van der Waals surface area (Å²) in [5.74, 6) is 0.529. The van der Waals surface area contributed by atoms with Gasteiger partial charge in [0.1, 0.15) is 0 Å². The van der Waals surface area contributed by atoms with Crippen LogP contribution < -0.4 is 5.43 Å². The number of aromatic amines is 1. The SMILES string of the molecule is CC(C)C1CC(=O)NN=C1c1ccc2nc[nH]c2c1. The number of nitrogens with one attached hydrogen (secondary N) is 2. The third kappa shape index (κ3) is 2.12. The summed E-state index contributed by atoms with van der Waals surface area (Å²) < 4.78 is 0. The molecule has 1 aromatic heterocycles. The van der Waals surface area contributed by atoms with Crippen LogP contribution in [0.1, 0.15) is 25.8 Å². The van der Waals surface area contributed by atoms with Crippen LogP contribution in [0, 0.1) is 11.8 Å². The lowest BCUT2D eigenvalue weighted by molar-refractivity contribution is -0.122. The summed E-state index contributed by atoms with van der Waals surface area (Å²) in [6.07, 6.45) is 2.18. The van der Waals surface area contributed by atoms with Crippen molar-refractivity contribution in [1.29, 1.82) is 0 Å². The number of rotatable bonds is 2. The number of hydrazone groups is 1. The molecule has 1 aromatic carbocycles. The molecule has 0 aliphatic carbocycles. The van der Waals surface area contributed by atoms with Crippen molar-refractivity contribution in [3.05, 3.63) is 30.1 Å². The topological polar surface area (TPSA) is 70.1 Å². The maximum absolute atomic E-state index is 11.5. The first kappa shape index (κ1) is 11.9. The number of carbonyl (C=O) groups is 1. The van der Waals surface area contributed by atoms with Crippen LogP contribution in [0.2, 0.25) is 0 Å². The number of imidazole rings is 1. The van der Waals surface area contributed by atoms with Gasteiger partial charge in [0.15, 0.2) is 0 Å². The Morgan fingerprint density at radius 3 is 3.00 bits per heavy atom. The maximum atomic E-state index is 11.5. The first-order chi connectivity index (χ1) is 9.15. The fourth-order valence-corrected chi connectivity index (χ4v) is 2.47. The zero-order valence-electron chi connectivity index (χ0n) is 11.0. The highest BCUT2D eigenvalue weighted by atomic mass is 16.2. The van der Waals surface area contributed by atoms with Gasteiger partial charge in [-0.2, -0.15) is 5.10 Å². The van der Waals surface area contributed by atoms with Crippen molar-refractivity contribution < 1.29 is 4.79 Å². The fourth-order valence-electron chi connectivity index (χ4n) is 2.47. The Morgan fingerprint density at radius 1 is 1.37 bits per heavy atom. The molecule has 0 spiro atoms. The van der Waals surface area contributed by atoms with E-state index in [9.17, 15) is 4.79 Å². The van der Waals surface area contributed by atoms with E-state index in [1.54, 1.807) is 6.33 Å². The molecule has 1 aliphatic heterocycles. The lowest BCUT2D eigenvalue weighted by Gasteiger charge is -2.25. The maximum Gasteiger partial charge on any atom is 0.240 e. The number of H-pyrrole nitrogens is 1. The zero-order chi connectivity index (χ0) is 13.4. The first-order valence-electron chi connectivity index (χ1n) is 6.45. The molecule has 0 saturated carbocycles. The van der Waals surface area contributed by atoms with E-state index in [2.05, 4.69) is 34.3 Å². The molecule has 1 aliphatic rings. The zero-order valence-corrected chi connectivity index (χ0v) is 11.0. The minimum atomic E-state index is -0.00920. The highest BCUT2D eigenvalue weighted by Crippen LogP contribution is 2.25. The minimum absolute atomic E-state index is 0.00920. The molecular weight excluding hydrogens is 240 g/mol. The van der Waals surface area contributed by atoms with Gasteiger partial charge in [0, 0.05) is 17.9 Å². The van der Waals surface area contributed by atoms with E-state index < -0.39 is 0 Å². The summed E-state index contributed by atoms with van der Waals surface area (Å²) in [5.41, 5.74) is 6.49. The highest BCUT2D eigenvalue weighted by Gasteiger charge is 2.28. The van der Waals surface area contributed by atoms with E-state index >= 15 is 0 Å². The van der Waals surface area contributed by atoms with Crippen molar-refractivity contribution in [3.63, 3.8) is 0 Å². The number of aromatic nitrogens is 2. The van der Waals surface area contributed by atoms with Gasteiger partial charge >= 0.3 is 0 Å². The summed E-state index contributed by atoms with van der Waals surface area (Å²) in [6, 6.07) is 6.01. The summed E-state index contributed by atoms with van der Waals surface area (Å²) in [5, 5.41) is 4.26. The quantitative estimate of drug-likeness (QED) is 0.863. The number of nitrogens with zero attached hydrogens (tertiary/aromatic N) is 2. The second kappa shape index (κ2) is 4.50. The van der Waals surface area contributed by atoms with Crippen molar-refractivity contribution in [2.24, 2.45) is 16.9 Å². The average molecular weight is 256 g/mol. The van der Waals surface area contributed by atoms with Gasteiger partial charge in [0.25, 0.3) is 0 Å². The largest absolute Gasteiger partial charge is 0.345 e. The third-order valence-electron chi connectivity index (χ3n) is 3.58. The van der Waals surface area contributed by atoms with E-state index in [1.165, 1.54) is 0 Å². The standard InChI is InChI=1S/C14H16N4O/c1-8(2)10-6-13(19)17-18-14(10)9-3-4-11-12(5-9)16-7-15-11/h3-5,7-8,10H,6H2,1-2H3,(H,15,16)(H,17,19). The van der Waals surface area contributed by atoms with Crippen molar-refractivity contribution >= 4 is 22.7 Å². The second-order valence-corrected chi connectivity index (χ2v) is 5.22. The molecule has 2 N–H and O–H groups in total. The molecule has 2 aromatic rings. The normalized spacial score (nSPS) is 19.6. The van der Waals surface area contributed by atoms with Crippen LogP contribution in [0.3, 0.4) is 0 Å². The molecule has 1 amide bonds. The molecule has 2 heterocycles. The van der Waals surface area contributed by atoms with E-state index in [4.69, 9.17) is 0 Å². The smallest absolute Gasteiger partial charge is 0.240 e. The van der Waals surface area contributed by atoms with Gasteiger partial charge in [-0.25, -0.2) is 10.4 Å². The van der Waals surface area contributed by atoms with E-state index in [1.807, 2.05) is 18.2 Å². The Morgan fingerprint density at radius 2 is 2.21 bits per heavy atom. The van der Waals surface area contributed by atoms with Crippen molar-refractivity contribution in [1.82, 2.24) is 15.4 Å². The molecule has 1 atom stereocenters. The molecule has 3 rings (SSSR count). The first-order valence-corrected chi connectivity index (χ1v) is 6.45. The van der Waals surface area contributed by atoms with Crippen LogP contribution in [-0.2, 0) is 4.79 Å². The molecular formula is C14H16N4O. The predicted octanol–water partition coefficient (Wildman–Crippen LogP) is 2.06. The number of hydrogen-bond donors (Lipinski definition) is 2. The van der Waals surface area contributed by atoms with Gasteiger partial charge in [0.2, 0.25) is 5.91 Å². The van der Waals surface area contributed by atoms with Crippen LogP contribution >= 0.6 is 0 Å². The van der Waals surface area contributed by atoms with Crippen LogP contribution in [0.5, 0.6) is 0 Å². The highest BCUT2D eigenvalue weighted by molar-refractivity contribution is 6.07. The lowest BCUT2D eigenvalue weighted by atomic mass is 9.83. The van der Waals surface area contributed by atoms with Crippen LogP contribution in [0.15, 0.2) is 29.6 Å². The average Bonchev–Trinajstić information content (AvgIpc) is 2.85. The molecule has 19 heavy (non-hydrogen) atoms. The molecule has 0 fully saturated rings. The van der Waals surface area contributed by atoms with Crippen molar-refractivity contribution in [2.45, 2.75) is 20.3 Å². The molecule has 0 radical (unpaired) electrons. The molecule has 1 unspecified atom stereocenters. The number of amides is 1. The predicted molar refractivity (Wildman–Crippen MR) is 73.7 cm³/mol. The van der Waals surface area contributed by atoms with Gasteiger partial charge in [0.05, 0.1) is 23.1 Å². The van der Waals surface area contributed by atoms with Gasteiger partial charge < -0.3 is 4.98 Å². The van der Waals surface area contributed by atoms with Crippen LogP contribution in [-0.4, -0.2) is 21.6 Å². The number of carbonyl (C=O) groups excluding carboxylic acids is 1. The molecule has 5 heteroatoms. The Kier molecular flexibility index (Phi) is 2.81. The van der Waals surface area contributed by atoms with Gasteiger partial charge in [-0.1, -0.05) is 19.9 Å². The molecule has 98 valence electrons. The van der Waals surface area contributed by atoms with Crippen LogP contribution in [0.4, 0.5) is 0 Å².